The number of esters is 7. The first kappa shape index (κ1) is 40.9. The molecule has 0 aromatic carbocycles. The van der Waals surface area contributed by atoms with E-state index in [9.17, 15) is 33.6 Å². The third-order valence-electron chi connectivity index (χ3n) is 6.63. The summed E-state index contributed by atoms with van der Waals surface area (Å²) in [6.07, 6.45) is -9.27. The molecular formula is C31H42O18. The van der Waals surface area contributed by atoms with Gasteiger partial charge in [-0.05, 0) is 6.42 Å². The minimum atomic E-state index is -1.78. The summed E-state index contributed by atoms with van der Waals surface area (Å²) < 4.78 is 61.8. The van der Waals surface area contributed by atoms with Crippen LogP contribution in [-0.4, -0.2) is 123 Å². The molecule has 18 nitrogen and oxygen atoms in total. The molecule has 2 saturated heterocycles. The van der Waals surface area contributed by atoms with Crippen molar-refractivity contribution in [2.45, 2.75) is 123 Å². The van der Waals surface area contributed by atoms with Gasteiger partial charge in [0.1, 0.15) is 31.5 Å². The highest BCUT2D eigenvalue weighted by atomic mass is 16.8. The normalized spacial score (nSPS) is 29.3. The van der Waals surface area contributed by atoms with Gasteiger partial charge in [0.15, 0.2) is 43.1 Å². The van der Waals surface area contributed by atoms with Crippen LogP contribution >= 0.6 is 0 Å². The Morgan fingerprint density at radius 3 is 1.37 bits per heavy atom. The molecular weight excluding hydrogens is 660 g/mol. The molecule has 2 aliphatic rings. The minimum absolute atomic E-state index is 0.0188. The first-order chi connectivity index (χ1) is 23.0. The molecule has 2 rings (SSSR count). The van der Waals surface area contributed by atoms with Crippen molar-refractivity contribution in [3.05, 3.63) is 0 Å². The molecule has 18 heteroatoms. The predicted molar refractivity (Wildman–Crippen MR) is 157 cm³/mol. The van der Waals surface area contributed by atoms with Crippen LogP contribution in [0.3, 0.4) is 0 Å². The molecule has 0 spiro atoms. The van der Waals surface area contributed by atoms with Crippen LogP contribution in [-0.2, 0) is 85.7 Å². The van der Waals surface area contributed by atoms with Crippen molar-refractivity contribution < 1.29 is 85.7 Å². The molecule has 274 valence electrons. The van der Waals surface area contributed by atoms with Crippen LogP contribution in [0.1, 0.15) is 61.3 Å². The Labute approximate surface area is 282 Å². The topological polar surface area (TPSA) is 221 Å². The lowest BCUT2D eigenvalue weighted by atomic mass is 9.96. The van der Waals surface area contributed by atoms with Crippen molar-refractivity contribution in [2.24, 2.45) is 0 Å². The maximum absolute atomic E-state index is 12.4. The van der Waals surface area contributed by atoms with E-state index in [1.54, 1.807) is 0 Å². The highest BCUT2D eigenvalue weighted by molar-refractivity contribution is 5.69. The van der Waals surface area contributed by atoms with E-state index >= 15 is 0 Å². The van der Waals surface area contributed by atoms with Gasteiger partial charge in [0, 0.05) is 54.9 Å². The maximum Gasteiger partial charge on any atom is 0.303 e. The van der Waals surface area contributed by atoms with E-state index in [1.807, 2.05) is 0 Å². The highest BCUT2D eigenvalue weighted by Gasteiger charge is 2.57. The fraction of sp³-hybridized carbons (Fsp3) is 0.710. The smallest absolute Gasteiger partial charge is 0.303 e. The number of rotatable bonds is 15. The quantitative estimate of drug-likeness (QED) is 0.0951. The number of ether oxygens (including phenoxy) is 11. The first-order valence-electron chi connectivity index (χ1n) is 15.2. The predicted octanol–water partition coefficient (Wildman–Crippen LogP) is 0.0361. The lowest BCUT2D eigenvalue weighted by Crippen LogP contribution is -2.67. The van der Waals surface area contributed by atoms with Gasteiger partial charge < -0.3 is 52.1 Å². The van der Waals surface area contributed by atoms with E-state index in [1.165, 1.54) is 0 Å². The van der Waals surface area contributed by atoms with E-state index in [4.69, 9.17) is 58.5 Å². The summed E-state index contributed by atoms with van der Waals surface area (Å²) in [6.45, 7) is 6.43. The zero-order valence-electron chi connectivity index (χ0n) is 28.2. The average molecular weight is 703 g/mol. The number of carbonyl (C=O) groups excluding carboxylic acids is 7. The summed E-state index contributed by atoms with van der Waals surface area (Å²) in [5.74, 6) is -3.37. The largest absolute Gasteiger partial charge is 0.463 e. The molecule has 0 bridgehead atoms. The SMILES string of the molecule is C#CCCCOC1O[C@H](COC(C)=O)[C@@H](O[C@H]2O[C@H](COC(C)=O)[C@@H](OC(C)=O)[C@H](OC(C)=O)[C@H]2OC(C)=O)[C@H](OC(C)=O)[C@H]1OC(C)=O. The summed E-state index contributed by atoms with van der Waals surface area (Å²) >= 11 is 0. The number of hydrogen-bond donors (Lipinski definition) is 0. The molecule has 10 atom stereocenters. The van der Waals surface area contributed by atoms with Crippen LogP contribution in [0.25, 0.3) is 0 Å². The molecule has 0 saturated carbocycles. The second-order valence-electron chi connectivity index (χ2n) is 10.8. The molecule has 0 radical (unpaired) electrons. The Hall–Kier alpha value is -4.31. The van der Waals surface area contributed by atoms with Crippen LogP contribution < -0.4 is 0 Å². The molecule has 2 heterocycles. The zero-order chi connectivity index (χ0) is 36.8. The lowest BCUT2D eigenvalue weighted by Gasteiger charge is -2.48. The fourth-order valence-corrected chi connectivity index (χ4v) is 4.98. The Bertz CT molecular complexity index is 1240. The first-order valence-corrected chi connectivity index (χ1v) is 15.2. The van der Waals surface area contributed by atoms with Gasteiger partial charge in [0.25, 0.3) is 0 Å². The van der Waals surface area contributed by atoms with Gasteiger partial charge >= 0.3 is 41.8 Å². The van der Waals surface area contributed by atoms with Gasteiger partial charge in [-0.3, -0.25) is 33.6 Å². The Morgan fingerprint density at radius 1 is 0.531 bits per heavy atom. The molecule has 0 N–H and O–H groups in total. The van der Waals surface area contributed by atoms with E-state index in [0.717, 1.165) is 48.5 Å². The lowest BCUT2D eigenvalue weighted by molar-refractivity contribution is -0.361. The maximum atomic E-state index is 12.4. The van der Waals surface area contributed by atoms with Crippen LogP contribution in [0.2, 0.25) is 0 Å². The van der Waals surface area contributed by atoms with Crippen LogP contribution in [0.5, 0.6) is 0 Å². The Kier molecular flexibility index (Phi) is 16.4. The van der Waals surface area contributed by atoms with Crippen molar-refractivity contribution in [3.8, 4) is 12.3 Å². The standard InChI is InChI=1S/C31H42O18/c1-9-10-11-12-39-30-28(45-20(7)37)27(44-19(6)36)25(23(47-30)14-41-16(3)33)49-31-29(46-21(8)38)26(43-18(5)35)24(42-17(4)34)22(48-31)13-40-15(2)32/h1,22-31H,10-14H2,2-8H3/t22-,23-,24-,25-,26+,27+,28-,29-,30?,31-/m1/s1. The summed E-state index contributed by atoms with van der Waals surface area (Å²) in [7, 11) is 0. The van der Waals surface area contributed by atoms with Crippen LogP contribution in [0.4, 0.5) is 0 Å². The number of unbranched alkanes of at least 4 members (excludes halogenated alkanes) is 1. The summed E-state index contributed by atoms with van der Waals surface area (Å²) in [5, 5.41) is 0. The number of terminal acetylenes is 1. The van der Waals surface area contributed by atoms with Crippen LogP contribution in [0, 0.1) is 12.3 Å². The average Bonchev–Trinajstić information content (AvgIpc) is 2.97. The van der Waals surface area contributed by atoms with E-state index in [0.29, 0.717) is 12.8 Å². The molecule has 1 unspecified atom stereocenters. The Balaban J connectivity index is 2.70. The third kappa shape index (κ3) is 13.3. The van der Waals surface area contributed by atoms with Crippen molar-refractivity contribution in [1.82, 2.24) is 0 Å². The van der Waals surface area contributed by atoms with Crippen molar-refractivity contribution in [3.63, 3.8) is 0 Å². The van der Waals surface area contributed by atoms with Gasteiger partial charge in [0.2, 0.25) is 0 Å². The molecule has 2 fully saturated rings. The molecule has 0 aromatic rings. The molecule has 0 amide bonds. The molecule has 49 heavy (non-hydrogen) atoms. The van der Waals surface area contributed by atoms with Crippen molar-refractivity contribution >= 4 is 41.8 Å². The summed E-state index contributed by atoms with van der Waals surface area (Å²) in [4.78, 5) is 84.9. The van der Waals surface area contributed by atoms with E-state index in [2.05, 4.69) is 5.92 Å². The van der Waals surface area contributed by atoms with Crippen LogP contribution in [0.15, 0.2) is 0 Å². The monoisotopic (exact) mass is 702 g/mol. The van der Waals surface area contributed by atoms with E-state index in [-0.39, 0.29) is 6.61 Å². The summed E-state index contributed by atoms with van der Waals surface area (Å²) in [6, 6.07) is 0. The van der Waals surface area contributed by atoms with Crippen molar-refractivity contribution in [1.29, 1.82) is 0 Å². The number of hydrogen-bond acceptors (Lipinski definition) is 18. The molecule has 0 aromatic heterocycles. The van der Waals surface area contributed by atoms with Crippen molar-refractivity contribution in [2.75, 3.05) is 19.8 Å². The van der Waals surface area contributed by atoms with E-state index < -0.39 is 116 Å². The molecule has 2 aliphatic heterocycles. The highest BCUT2D eigenvalue weighted by Crippen LogP contribution is 2.35. The minimum Gasteiger partial charge on any atom is -0.463 e. The van der Waals surface area contributed by atoms with Gasteiger partial charge in [-0.15, -0.1) is 12.3 Å². The fourth-order valence-electron chi connectivity index (χ4n) is 4.98. The van der Waals surface area contributed by atoms with Gasteiger partial charge in [-0.2, -0.15) is 0 Å². The summed E-state index contributed by atoms with van der Waals surface area (Å²) in [5.41, 5.74) is 0. The van der Waals surface area contributed by atoms with Gasteiger partial charge in [0.05, 0.1) is 6.61 Å². The Morgan fingerprint density at radius 2 is 0.918 bits per heavy atom. The second kappa shape index (κ2) is 19.6. The third-order valence-corrected chi connectivity index (χ3v) is 6.63. The molecule has 0 aliphatic carbocycles. The number of carbonyl (C=O) groups is 7. The zero-order valence-corrected chi connectivity index (χ0v) is 28.2. The van der Waals surface area contributed by atoms with Gasteiger partial charge in [-0.25, -0.2) is 0 Å². The van der Waals surface area contributed by atoms with Gasteiger partial charge in [-0.1, -0.05) is 0 Å². The second-order valence-corrected chi connectivity index (χ2v) is 10.8.